The van der Waals surface area contributed by atoms with Gasteiger partial charge in [0.1, 0.15) is 11.9 Å². The van der Waals surface area contributed by atoms with Gasteiger partial charge < -0.3 is 20.3 Å². The summed E-state index contributed by atoms with van der Waals surface area (Å²) in [5.41, 5.74) is 3.44. The van der Waals surface area contributed by atoms with Gasteiger partial charge in [-0.25, -0.2) is 0 Å². The van der Waals surface area contributed by atoms with Crippen LogP contribution in [0.4, 0.5) is 11.4 Å². The Labute approximate surface area is 175 Å². The van der Waals surface area contributed by atoms with E-state index in [0.29, 0.717) is 44.5 Å². The number of benzene rings is 2. The first-order chi connectivity index (χ1) is 14.5. The van der Waals surface area contributed by atoms with Crippen LogP contribution in [0, 0.1) is 6.92 Å². The third-order valence-corrected chi connectivity index (χ3v) is 5.51. The molecule has 2 aliphatic heterocycles. The van der Waals surface area contributed by atoms with Crippen molar-refractivity contribution in [2.45, 2.75) is 38.7 Å². The quantitative estimate of drug-likeness (QED) is 0.766. The summed E-state index contributed by atoms with van der Waals surface area (Å²) in [4.78, 5) is 38.0. The molecule has 3 amide bonds. The number of fused-ring (bicyclic) bond motifs is 1. The van der Waals surface area contributed by atoms with Crippen LogP contribution in [0.25, 0.3) is 0 Å². The first-order valence-electron chi connectivity index (χ1n) is 10.2. The van der Waals surface area contributed by atoms with Crippen molar-refractivity contribution in [3.8, 4) is 5.75 Å². The molecule has 0 saturated carbocycles. The monoisotopic (exact) mass is 407 g/mol. The Morgan fingerprint density at radius 1 is 1.07 bits per heavy atom. The first-order valence-corrected chi connectivity index (χ1v) is 10.2. The fourth-order valence-electron chi connectivity index (χ4n) is 3.78. The molecule has 1 fully saturated rings. The van der Waals surface area contributed by atoms with E-state index >= 15 is 0 Å². The maximum Gasteiger partial charge on any atom is 0.313 e. The van der Waals surface area contributed by atoms with Crippen molar-refractivity contribution in [1.29, 1.82) is 0 Å². The van der Waals surface area contributed by atoms with Crippen LogP contribution in [0.3, 0.4) is 0 Å². The van der Waals surface area contributed by atoms with E-state index in [2.05, 4.69) is 10.6 Å². The molecule has 0 aromatic heterocycles. The van der Waals surface area contributed by atoms with Gasteiger partial charge in [0.15, 0.2) is 0 Å². The average Bonchev–Trinajstić information content (AvgIpc) is 2.75. The smallest absolute Gasteiger partial charge is 0.313 e. The molecule has 0 atom stereocenters. The van der Waals surface area contributed by atoms with Crippen molar-refractivity contribution in [3.63, 3.8) is 0 Å². The third-order valence-electron chi connectivity index (χ3n) is 5.51. The Balaban J connectivity index is 1.29. The van der Waals surface area contributed by atoms with Gasteiger partial charge in [-0.05, 0) is 49.2 Å². The molecule has 7 nitrogen and oxygen atoms in total. The number of amides is 3. The van der Waals surface area contributed by atoms with Gasteiger partial charge >= 0.3 is 11.8 Å². The van der Waals surface area contributed by atoms with Crippen LogP contribution >= 0.6 is 0 Å². The molecular formula is C23H25N3O4. The summed E-state index contributed by atoms with van der Waals surface area (Å²) in [5.74, 6) is -0.363. The summed E-state index contributed by atoms with van der Waals surface area (Å²) < 4.78 is 5.99. The number of aryl methyl sites for hydroxylation is 2. The summed E-state index contributed by atoms with van der Waals surface area (Å²) in [5, 5.41) is 5.48. The van der Waals surface area contributed by atoms with Gasteiger partial charge in [0.25, 0.3) is 0 Å². The van der Waals surface area contributed by atoms with Crippen LogP contribution in [0.2, 0.25) is 0 Å². The molecule has 2 aromatic rings. The summed E-state index contributed by atoms with van der Waals surface area (Å²) in [6, 6.07) is 13.2. The predicted octanol–water partition coefficient (Wildman–Crippen LogP) is 2.89. The third kappa shape index (κ3) is 4.62. The van der Waals surface area contributed by atoms with Gasteiger partial charge in [-0.15, -0.1) is 0 Å². The molecule has 2 N–H and O–H groups in total. The molecule has 156 valence electrons. The van der Waals surface area contributed by atoms with Gasteiger partial charge in [0.2, 0.25) is 5.91 Å². The Morgan fingerprint density at radius 3 is 2.53 bits per heavy atom. The van der Waals surface area contributed by atoms with Crippen molar-refractivity contribution in [3.05, 3.63) is 53.6 Å². The van der Waals surface area contributed by atoms with Crippen LogP contribution < -0.4 is 15.4 Å². The van der Waals surface area contributed by atoms with Gasteiger partial charge in [-0.3, -0.25) is 14.4 Å². The molecule has 0 spiro atoms. The number of nitrogens with zero attached hydrogens (tertiary/aromatic N) is 1. The molecule has 2 aliphatic rings. The largest absolute Gasteiger partial charge is 0.490 e. The van der Waals surface area contributed by atoms with Crippen molar-refractivity contribution in [1.82, 2.24) is 4.90 Å². The Kier molecular flexibility index (Phi) is 5.70. The Bertz CT molecular complexity index is 963. The molecular weight excluding hydrogens is 382 g/mol. The predicted molar refractivity (Wildman–Crippen MR) is 113 cm³/mol. The summed E-state index contributed by atoms with van der Waals surface area (Å²) >= 11 is 0. The van der Waals surface area contributed by atoms with E-state index in [1.807, 2.05) is 37.3 Å². The highest BCUT2D eigenvalue weighted by molar-refractivity contribution is 6.39. The van der Waals surface area contributed by atoms with Gasteiger partial charge in [-0.1, -0.05) is 17.7 Å². The number of rotatable bonds is 3. The van der Waals surface area contributed by atoms with Crippen LogP contribution in [0.1, 0.15) is 30.4 Å². The second-order valence-electron chi connectivity index (χ2n) is 7.80. The van der Waals surface area contributed by atoms with E-state index in [4.69, 9.17) is 4.74 Å². The summed E-state index contributed by atoms with van der Waals surface area (Å²) in [6.07, 6.45) is 2.45. The number of likely N-dealkylation sites (tertiary alicyclic amines) is 1. The number of nitrogens with one attached hydrogen (secondary N) is 2. The van der Waals surface area contributed by atoms with Crippen molar-refractivity contribution in [2.24, 2.45) is 0 Å². The van der Waals surface area contributed by atoms with Crippen LogP contribution in [-0.4, -0.2) is 41.8 Å². The number of anilines is 2. The number of piperidine rings is 1. The zero-order valence-electron chi connectivity index (χ0n) is 16.9. The SMILES string of the molecule is Cc1ccc(OC2CCN(C(=O)C(=O)Nc3ccc4c(c3)CCC(=O)N4)CC2)cc1. The van der Waals surface area contributed by atoms with Gasteiger partial charge in [0, 0.05) is 43.7 Å². The number of hydrogen-bond acceptors (Lipinski definition) is 4. The molecule has 0 aliphatic carbocycles. The minimum absolute atomic E-state index is 0.00998. The second-order valence-corrected chi connectivity index (χ2v) is 7.80. The topological polar surface area (TPSA) is 87.7 Å². The lowest BCUT2D eigenvalue weighted by atomic mass is 10.0. The number of hydrogen-bond donors (Lipinski definition) is 2. The standard InChI is InChI=1S/C23H25N3O4/c1-15-2-6-18(7-3-15)30-19-10-12-26(13-11-19)23(29)22(28)24-17-5-8-20-16(14-17)4-9-21(27)25-20/h2-3,5-8,14,19H,4,9-13H2,1H3,(H,24,28)(H,25,27). The van der Waals surface area contributed by atoms with Gasteiger partial charge in [-0.2, -0.15) is 0 Å². The zero-order valence-corrected chi connectivity index (χ0v) is 16.9. The summed E-state index contributed by atoms with van der Waals surface area (Å²) in [6.45, 7) is 3.00. The highest BCUT2D eigenvalue weighted by atomic mass is 16.5. The average molecular weight is 407 g/mol. The maximum absolute atomic E-state index is 12.6. The van der Waals surface area contributed by atoms with E-state index in [0.717, 1.165) is 17.0 Å². The minimum Gasteiger partial charge on any atom is -0.490 e. The Morgan fingerprint density at radius 2 is 1.80 bits per heavy atom. The van der Waals surface area contributed by atoms with E-state index in [1.54, 1.807) is 17.0 Å². The molecule has 2 heterocycles. The van der Waals surface area contributed by atoms with E-state index < -0.39 is 11.8 Å². The number of carbonyl (C=O) groups excluding carboxylic acids is 3. The maximum atomic E-state index is 12.6. The fourth-order valence-corrected chi connectivity index (χ4v) is 3.78. The minimum atomic E-state index is -0.646. The highest BCUT2D eigenvalue weighted by Gasteiger charge is 2.28. The summed E-state index contributed by atoms with van der Waals surface area (Å²) in [7, 11) is 0. The lowest BCUT2D eigenvalue weighted by Crippen LogP contribution is -2.46. The zero-order chi connectivity index (χ0) is 21.1. The van der Waals surface area contributed by atoms with Crippen LogP contribution in [-0.2, 0) is 20.8 Å². The second kappa shape index (κ2) is 8.57. The molecule has 1 saturated heterocycles. The lowest BCUT2D eigenvalue weighted by Gasteiger charge is -2.31. The van der Waals surface area contributed by atoms with Crippen molar-refractivity contribution in [2.75, 3.05) is 23.7 Å². The highest BCUT2D eigenvalue weighted by Crippen LogP contribution is 2.26. The van der Waals surface area contributed by atoms with Crippen LogP contribution in [0.15, 0.2) is 42.5 Å². The van der Waals surface area contributed by atoms with Crippen molar-refractivity contribution >= 4 is 29.1 Å². The van der Waals surface area contributed by atoms with E-state index in [9.17, 15) is 14.4 Å². The fraction of sp³-hybridized carbons (Fsp3) is 0.348. The number of carbonyl (C=O) groups is 3. The molecule has 0 bridgehead atoms. The van der Waals surface area contributed by atoms with Crippen molar-refractivity contribution < 1.29 is 19.1 Å². The molecule has 4 rings (SSSR count). The van der Waals surface area contributed by atoms with Gasteiger partial charge in [0.05, 0.1) is 0 Å². The molecule has 7 heteroatoms. The molecule has 0 unspecified atom stereocenters. The van der Waals surface area contributed by atoms with E-state index in [-0.39, 0.29) is 12.0 Å². The molecule has 30 heavy (non-hydrogen) atoms. The van der Waals surface area contributed by atoms with Crippen LogP contribution in [0.5, 0.6) is 5.75 Å². The van der Waals surface area contributed by atoms with E-state index in [1.165, 1.54) is 5.56 Å². The first kappa shape index (κ1) is 19.9. The Hall–Kier alpha value is -3.35. The molecule has 0 radical (unpaired) electrons. The lowest BCUT2D eigenvalue weighted by molar-refractivity contribution is -0.144. The molecule has 2 aromatic carbocycles. The number of ether oxygens (including phenoxy) is 1. The normalized spacial score (nSPS) is 16.4.